The van der Waals surface area contributed by atoms with Crippen molar-refractivity contribution >= 4 is 43.1 Å². The molecule has 0 bridgehead atoms. The second-order valence-corrected chi connectivity index (χ2v) is 12.9. The number of rotatable bonds is 5. The lowest BCUT2D eigenvalue weighted by atomic mass is 9.97. The van der Waals surface area contributed by atoms with Crippen LogP contribution in [0.3, 0.4) is 0 Å². The van der Waals surface area contributed by atoms with Crippen molar-refractivity contribution in [1.82, 2.24) is 15.0 Å². The topological polar surface area (TPSA) is 38.7 Å². The van der Waals surface area contributed by atoms with Crippen LogP contribution in [0.5, 0.6) is 0 Å². The number of hydrogen-bond acceptors (Lipinski definition) is 3. The number of hydrogen-bond donors (Lipinski definition) is 0. The summed E-state index contributed by atoms with van der Waals surface area (Å²) in [6.45, 7) is 0. The number of fused-ring (bicyclic) bond motifs is 5. The van der Waals surface area contributed by atoms with Crippen LogP contribution < -0.4 is 0 Å². The Morgan fingerprint density at radius 2 is 0.808 bits per heavy atom. The average molecular weight is 667 g/mol. The highest BCUT2D eigenvalue weighted by molar-refractivity contribution is 6.08. The van der Waals surface area contributed by atoms with Gasteiger partial charge in [-0.25, -0.2) is 15.0 Å². The smallest absolute Gasteiger partial charge is 0.164 e. The van der Waals surface area contributed by atoms with Crippen molar-refractivity contribution in [1.29, 1.82) is 0 Å². The molecule has 0 fully saturated rings. The zero-order chi connectivity index (χ0) is 38.8. The molecule has 0 aliphatic heterocycles. The van der Waals surface area contributed by atoms with Crippen molar-refractivity contribution in [2.45, 2.75) is 0 Å². The van der Waals surface area contributed by atoms with Gasteiger partial charge in [0.05, 0.1) is 6.85 Å². The van der Waals surface area contributed by atoms with Crippen LogP contribution in [0.2, 0.25) is 0 Å². The Hall–Kier alpha value is -6.97. The summed E-state index contributed by atoms with van der Waals surface area (Å²) < 4.78 is 41.1. The van der Waals surface area contributed by atoms with E-state index in [1.807, 2.05) is 60.7 Å². The minimum atomic E-state index is -0.401. The molecule has 0 spiro atoms. The minimum Gasteiger partial charge on any atom is -0.208 e. The van der Waals surface area contributed by atoms with Crippen LogP contribution in [-0.4, -0.2) is 15.0 Å². The van der Waals surface area contributed by atoms with E-state index in [1.165, 1.54) is 10.8 Å². The Kier molecular flexibility index (Phi) is 5.98. The molecule has 10 aromatic rings. The lowest BCUT2D eigenvalue weighted by Gasteiger charge is -2.12. The summed E-state index contributed by atoms with van der Waals surface area (Å²) in [6.07, 6.45) is 0. The molecular weight excluding hydrogens is 631 g/mol. The van der Waals surface area contributed by atoms with E-state index < -0.39 is 6.04 Å². The van der Waals surface area contributed by atoms with E-state index in [0.29, 0.717) is 23.0 Å². The van der Waals surface area contributed by atoms with Gasteiger partial charge in [-0.1, -0.05) is 164 Å². The van der Waals surface area contributed by atoms with Crippen LogP contribution in [0.25, 0.3) is 99.5 Å². The average Bonchev–Trinajstić information content (AvgIpc) is 3.27. The molecule has 0 saturated heterocycles. The van der Waals surface area contributed by atoms with Crippen LogP contribution in [-0.2, 0) is 0 Å². The fourth-order valence-electron chi connectivity index (χ4n) is 7.13. The molecule has 52 heavy (non-hydrogen) atoms. The van der Waals surface area contributed by atoms with Gasteiger partial charge in [0.1, 0.15) is 0 Å². The lowest BCUT2D eigenvalue weighted by molar-refractivity contribution is 1.08. The molecule has 242 valence electrons. The van der Waals surface area contributed by atoms with E-state index in [9.17, 15) is 0 Å². The second kappa shape index (κ2) is 12.4. The quantitative estimate of drug-likeness (QED) is 0.172. The van der Waals surface area contributed by atoms with Gasteiger partial charge in [0, 0.05) is 16.7 Å². The molecular formula is C49H31N3. The maximum absolute atomic E-state index is 8.45. The first-order chi connectivity index (χ1) is 27.8. The summed E-state index contributed by atoms with van der Waals surface area (Å²) in [5.41, 5.74) is 5.41. The first-order valence-corrected chi connectivity index (χ1v) is 17.2. The van der Waals surface area contributed by atoms with E-state index in [1.54, 1.807) is 0 Å². The van der Waals surface area contributed by atoms with Crippen LogP contribution in [0, 0.1) is 0 Å². The summed E-state index contributed by atoms with van der Waals surface area (Å²) in [5.74, 6) is 1.74. The van der Waals surface area contributed by atoms with E-state index in [0.717, 1.165) is 60.1 Å². The van der Waals surface area contributed by atoms with Crippen molar-refractivity contribution in [3.05, 3.63) is 188 Å². The zero-order valence-corrected chi connectivity index (χ0v) is 27.9. The van der Waals surface area contributed by atoms with Crippen molar-refractivity contribution in [3.8, 4) is 56.4 Å². The SMILES string of the molecule is [2H]c1c([2H])c([2H])c(-c2ccc3cc(-c4cccc(-c5nc(-c6ccc7ccc8ccccc8c7c6)nc(-c6cccc7ccccc67)n5)c4)ccc3c2)c([2H])c1[2H]. The third-order valence-corrected chi connectivity index (χ3v) is 9.75. The fourth-order valence-corrected chi connectivity index (χ4v) is 7.13. The third kappa shape index (κ3) is 5.37. The standard InChI is InChI=1S/C49H31N3/c1-2-10-32(11-3-1)37-23-24-40-29-38(25-26-39(40)28-37)36-15-8-16-41(30-36)47-50-48(52-49(51-47)45-19-9-14-33-12-4-6-17-43(33)45)42-27-22-35-21-20-34-13-5-7-18-44(34)46(35)31-42/h1-31H/i1D,2D,3D,10D,11D. The molecule has 0 N–H and O–H groups in total. The maximum atomic E-state index is 8.45. The lowest BCUT2D eigenvalue weighted by Crippen LogP contribution is -2.00. The molecule has 3 nitrogen and oxygen atoms in total. The highest BCUT2D eigenvalue weighted by Gasteiger charge is 2.16. The highest BCUT2D eigenvalue weighted by atomic mass is 15.0. The third-order valence-electron chi connectivity index (χ3n) is 9.75. The van der Waals surface area contributed by atoms with E-state index in [-0.39, 0.29) is 29.7 Å². The summed E-state index contributed by atoms with van der Waals surface area (Å²) in [7, 11) is 0. The molecule has 0 atom stereocenters. The summed E-state index contributed by atoms with van der Waals surface area (Å²) >= 11 is 0. The van der Waals surface area contributed by atoms with Gasteiger partial charge in [0.2, 0.25) is 0 Å². The predicted octanol–water partition coefficient (Wildman–Crippen LogP) is 12.8. The largest absolute Gasteiger partial charge is 0.208 e. The van der Waals surface area contributed by atoms with Gasteiger partial charge in [-0.05, 0) is 89.6 Å². The summed E-state index contributed by atoms with van der Waals surface area (Å²) in [6, 6.07) is 52.0. The molecule has 1 heterocycles. The van der Waals surface area contributed by atoms with Gasteiger partial charge in [-0.2, -0.15) is 0 Å². The molecule has 0 aliphatic carbocycles. The monoisotopic (exact) mass is 666 g/mol. The molecule has 0 saturated carbocycles. The second-order valence-electron chi connectivity index (χ2n) is 12.9. The summed E-state index contributed by atoms with van der Waals surface area (Å²) in [4.78, 5) is 15.4. The Bertz CT molecular complexity index is 3240. The van der Waals surface area contributed by atoms with Crippen LogP contribution in [0.4, 0.5) is 0 Å². The fraction of sp³-hybridized carbons (Fsp3) is 0. The Labute approximate surface area is 308 Å². The Morgan fingerprint density at radius 3 is 1.58 bits per heavy atom. The highest BCUT2D eigenvalue weighted by Crippen LogP contribution is 2.34. The zero-order valence-electron chi connectivity index (χ0n) is 32.9. The van der Waals surface area contributed by atoms with Gasteiger partial charge in [-0.3, -0.25) is 0 Å². The van der Waals surface area contributed by atoms with Crippen molar-refractivity contribution in [2.75, 3.05) is 0 Å². The van der Waals surface area contributed by atoms with Gasteiger partial charge in [-0.15, -0.1) is 0 Å². The molecule has 0 aliphatic rings. The minimum absolute atomic E-state index is 0.191. The van der Waals surface area contributed by atoms with Crippen molar-refractivity contribution < 1.29 is 6.85 Å². The molecule has 0 amide bonds. The van der Waals surface area contributed by atoms with Gasteiger partial charge in [0.15, 0.2) is 17.5 Å². The Morgan fingerprint density at radius 1 is 0.308 bits per heavy atom. The molecule has 10 rings (SSSR count). The normalized spacial score (nSPS) is 12.8. The molecule has 3 heteroatoms. The van der Waals surface area contributed by atoms with Gasteiger partial charge >= 0.3 is 0 Å². The van der Waals surface area contributed by atoms with Crippen LogP contribution >= 0.6 is 0 Å². The van der Waals surface area contributed by atoms with Crippen molar-refractivity contribution in [2.24, 2.45) is 0 Å². The van der Waals surface area contributed by atoms with E-state index in [4.69, 9.17) is 21.8 Å². The Balaban J connectivity index is 1.09. The number of benzene rings is 9. The predicted molar refractivity (Wildman–Crippen MR) is 217 cm³/mol. The van der Waals surface area contributed by atoms with E-state index >= 15 is 0 Å². The van der Waals surface area contributed by atoms with Gasteiger partial charge < -0.3 is 0 Å². The first-order valence-electron chi connectivity index (χ1n) is 19.7. The van der Waals surface area contributed by atoms with Gasteiger partial charge in [0.25, 0.3) is 0 Å². The molecule has 9 aromatic carbocycles. The molecule has 0 radical (unpaired) electrons. The number of aromatic nitrogens is 3. The van der Waals surface area contributed by atoms with Crippen LogP contribution in [0.1, 0.15) is 6.85 Å². The van der Waals surface area contributed by atoms with Crippen molar-refractivity contribution in [3.63, 3.8) is 0 Å². The maximum Gasteiger partial charge on any atom is 0.164 e. The summed E-state index contributed by atoms with van der Waals surface area (Å²) in [5, 5.41) is 8.65. The number of nitrogens with zero attached hydrogens (tertiary/aromatic N) is 3. The van der Waals surface area contributed by atoms with E-state index in [2.05, 4.69) is 97.1 Å². The first kappa shape index (κ1) is 25.1. The molecule has 0 unspecified atom stereocenters. The molecule has 1 aromatic heterocycles. The van der Waals surface area contributed by atoms with Crippen LogP contribution in [0.15, 0.2) is 188 Å².